The van der Waals surface area contributed by atoms with Gasteiger partial charge in [0.15, 0.2) is 0 Å². The highest BCUT2D eigenvalue weighted by Gasteiger charge is 2.52. The minimum atomic E-state index is -2.12. The maximum Gasteiger partial charge on any atom is 0.355 e. The van der Waals surface area contributed by atoms with Crippen molar-refractivity contribution in [1.29, 1.82) is 0 Å². The number of carbonyl (C=O) groups excluding carboxylic acids is 5. The van der Waals surface area contributed by atoms with Gasteiger partial charge in [-0.2, -0.15) is 0 Å². The quantitative estimate of drug-likeness (QED) is 0.0650. The molecule has 5 heterocycles. The number of fused-ring (bicyclic) bond motifs is 5. The van der Waals surface area contributed by atoms with Crippen LogP contribution in [-0.2, 0) is 77.6 Å². The molecule has 3 aromatic rings. The number of nitrogens with one attached hydrogen (secondary N) is 2. The average Bonchev–Trinajstić information content (AvgIpc) is 3.96. The van der Waals surface area contributed by atoms with Crippen LogP contribution >= 0.6 is 0 Å². The van der Waals surface area contributed by atoms with Crippen molar-refractivity contribution in [3.05, 3.63) is 61.7 Å². The fourth-order valence-electron chi connectivity index (χ4n) is 10.1. The van der Waals surface area contributed by atoms with E-state index in [0.717, 1.165) is 28.5 Å². The Bertz CT molecular complexity index is 2600. The summed E-state index contributed by atoms with van der Waals surface area (Å²) in [6.45, 7) is 8.49. The first-order chi connectivity index (χ1) is 33.4. The van der Waals surface area contributed by atoms with Crippen molar-refractivity contribution in [2.75, 3.05) is 66.8 Å². The molecule has 3 aliphatic heterocycles. The van der Waals surface area contributed by atoms with E-state index in [1.165, 1.54) is 11.0 Å². The first-order valence-corrected chi connectivity index (χ1v) is 24.0. The Morgan fingerprint density at radius 2 is 1.70 bits per heavy atom. The van der Waals surface area contributed by atoms with Crippen LogP contribution in [0.1, 0.15) is 98.7 Å². The Labute approximate surface area is 404 Å². The molecule has 0 saturated carbocycles. The van der Waals surface area contributed by atoms with Crippen LogP contribution in [-0.4, -0.2) is 145 Å². The van der Waals surface area contributed by atoms with Crippen LogP contribution < -0.4 is 21.9 Å². The number of nitrogens with zero attached hydrogens (tertiary/aromatic N) is 4. The number of benzene rings is 1. The zero-order valence-electron chi connectivity index (χ0n) is 40.7. The minimum Gasteiger partial charge on any atom is -0.481 e. The van der Waals surface area contributed by atoms with Crippen LogP contribution in [0.2, 0.25) is 0 Å². The SMILES string of the molecule is CC[C@@]1(OC(=O)[C@@H](NC(=O)[C@@H]2CCCN2C(=O)[C@H](CC(=O)O)NC(=O)CCOCCOCCOCCN)C(C)C)C(=O)OCc2c1cc1n(c2=O)Cc2c-1nc1cc(F)c(C)c3c1c2C(N(C)C)CC3. The van der Waals surface area contributed by atoms with Gasteiger partial charge in [0.05, 0.1) is 75.1 Å². The van der Waals surface area contributed by atoms with Gasteiger partial charge in [0, 0.05) is 48.1 Å². The highest BCUT2D eigenvalue weighted by Crippen LogP contribution is 2.47. The molecule has 3 amide bonds. The van der Waals surface area contributed by atoms with Gasteiger partial charge in [0.25, 0.3) is 5.56 Å². The third-order valence-corrected chi connectivity index (χ3v) is 13.8. The maximum atomic E-state index is 15.4. The number of hydrogen-bond acceptors (Lipinski definition) is 15. The van der Waals surface area contributed by atoms with E-state index >= 15 is 4.39 Å². The number of aryl methyl sites for hydroxylation is 1. The smallest absolute Gasteiger partial charge is 0.355 e. The molecule has 0 spiro atoms. The molecule has 70 heavy (non-hydrogen) atoms. The molecule has 0 radical (unpaired) electrons. The average molecular weight is 978 g/mol. The van der Waals surface area contributed by atoms with Gasteiger partial charge in [-0.3, -0.25) is 24.0 Å². The van der Waals surface area contributed by atoms with Crippen LogP contribution in [0.5, 0.6) is 0 Å². The largest absolute Gasteiger partial charge is 0.481 e. The van der Waals surface area contributed by atoms with Crippen molar-refractivity contribution >= 4 is 46.5 Å². The summed E-state index contributed by atoms with van der Waals surface area (Å²) in [4.78, 5) is 104. The third-order valence-electron chi connectivity index (χ3n) is 13.8. The normalized spacial score (nSPS) is 19.9. The number of carbonyl (C=O) groups is 6. The number of likely N-dealkylation sites (tertiary alicyclic amines) is 1. The van der Waals surface area contributed by atoms with Crippen molar-refractivity contribution in [1.82, 2.24) is 30.0 Å². The van der Waals surface area contributed by atoms with Crippen molar-refractivity contribution in [3.63, 3.8) is 0 Å². The Balaban J connectivity index is 1.08. The number of rotatable bonds is 22. The molecule has 21 heteroatoms. The molecule has 5 N–H and O–H groups in total. The summed E-state index contributed by atoms with van der Waals surface area (Å²) < 4.78 is 44.8. The second-order valence-electron chi connectivity index (χ2n) is 18.7. The molecule has 1 aromatic carbocycles. The van der Waals surface area contributed by atoms with Gasteiger partial charge in [-0.25, -0.2) is 19.0 Å². The predicted molar refractivity (Wildman–Crippen MR) is 250 cm³/mol. The van der Waals surface area contributed by atoms with Crippen LogP contribution in [0.3, 0.4) is 0 Å². The number of aromatic nitrogens is 2. The van der Waals surface area contributed by atoms with E-state index in [1.54, 1.807) is 38.3 Å². The zero-order valence-corrected chi connectivity index (χ0v) is 40.7. The highest BCUT2D eigenvalue weighted by molar-refractivity contribution is 5.97. The Hall–Kier alpha value is -5.87. The van der Waals surface area contributed by atoms with Crippen LogP contribution in [0.15, 0.2) is 16.9 Å². The summed E-state index contributed by atoms with van der Waals surface area (Å²) in [5.74, 6) is -6.44. The molecule has 1 unspecified atom stereocenters. The standard InChI is InChI=1S/C49H64FN7O13/c1-7-49(31-21-37-43-29(24-57(37)45(62)30(31)25-69-48(49)65)41-35(55(5)6)11-10-28-27(4)32(50)22-33(53-43)40(28)41)70-47(64)42(26(2)3)54-44(61)36-9-8-14-56(36)46(63)34(23-39(59)60)52-38(58)12-15-66-17-19-68-20-18-67-16-13-51/h21-22,26,34-36,42H,7-20,23-25,51H2,1-6H3,(H,52,58)(H,54,61)(H,59,60)/t34-,35?,36-,42-,49-/m0/s1. The Morgan fingerprint density at radius 3 is 2.36 bits per heavy atom. The second-order valence-corrected chi connectivity index (χ2v) is 18.7. The molecule has 1 aliphatic carbocycles. The minimum absolute atomic E-state index is 0.0280. The van der Waals surface area contributed by atoms with Gasteiger partial charge in [-0.05, 0) is 81.8 Å². The van der Waals surface area contributed by atoms with Crippen molar-refractivity contribution in [3.8, 4) is 11.4 Å². The monoisotopic (exact) mass is 977 g/mol. The van der Waals surface area contributed by atoms with Gasteiger partial charge in [0.1, 0.15) is 30.5 Å². The number of carboxylic acids is 1. The van der Waals surface area contributed by atoms with Gasteiger partial charge < -0.3 is 59.5 Å². The van der Waals surface area contributed by atoms with Gasteiger partial charge in [0.2, 0.25) is 23.3 Å². The summed E-state index contributed by atoms with van der Waals surface area (Å²) in [5, 5.41) is 15.7. The van der Waals surface area contributed by atoms with E-state index < -0.39 is 77.3 Å². The zero-order chi connectivity index (χ0) is 50.6. The van der Waals surface area contributed by atoms with Gasteiger partial charge in [-0.1, -0.05) is 20.8 Å². The number of amides is 3. The lowest BCUT2D eigenvalue weighted by Gasteiger charge is -2.37. The van der Waals surface area contributed by atoms with Crippen LogP contribution in [0, 0.1) is 18.7 Å². The number of hydrogen-bond donors (Lipinski definition) is 4. The first-order valence-electron chi connectivity index (χ1n) is 24.0. The number of pyridine rings is 2. The van der Waals surface area contributed by atoms with Gasteiger partial charge in [-0.15, -0.1) is 0 Å². The van der Waals surface area contributed by atoms with E-state index in [1.807, 2.05) is 14.1 Å². The van der Waals surface area contributed by atoms with Crippen molar-refractivity contribution < 1.29 is 61.9 Å². The number of halogens is 1. The Kier molecular flexibility index (Phi) is 16.4. The number of nitrogens with two attached hydrogens (primary N) is 1. The molecule has 5 atom stereocenters. The second kappa shape index (κ2) is 22.0. The number of ether oxygens (including phenoxy) is 5. The first kappa shape index (κ1) is 52.0. The molecule has 380 valence electrons. The highest BCUT2D eigenvalue weighted by atomic mass is 19.1. The lowest BCUT2D eigenvalue weighted by Crippen LogP contribution is -2.57. The lowest BCUT2D eigenvalue weighted by atomic mass is 9.81. The van der Waals surface area contributed by atoms with E-state index in [4.69, 9.17) is 34.4 Å². The fourth-order valence-corrected chi connectivity index (χ4v) is 10.1. The third kappa shape index (κ3) is 10.3. The van der Waals surface area contributed by atoms with E-state index in [-0.39, 0.29) is 81.8 Å². The van der Waals surface area contributed by atoms with Crippen LogP contribution in [0.4, 0.5) is 4.39 Å². The topological polar surface area (TPSA) is 260 Å². The molecule has 20 nitrogen and oxygen atoms in total. The Morgan fingerprint density at radius 1 is 1.00 bits per heavy atom. The summed E-state index contributed by atoms with van der Waals surface area (Å²) in [6, 6.07) is -1.02. The summed E-state index contributed by atoms with van der Waals surface area (Å²) >= 11 is 0. The lowest BCUT2D eigenvalue weighted by molar-refractivity contribution is -0.191. The van der Waals surface area contributed by atoms with E-state index in [9.17, 15) is 38.7 Å². The molecule has 0 bridgehead atoms. The van der Waals surface area contributed by atoms with Crippen molar-refractivity contribution in [2.24, 2.45) is 11.7 Å². The molecular formula is C49H64FN7O13. The van der Waals surface area contributed by atoms with Gasteiger partial charge >= 0.3 is 17.9 Å². The molecule has 7 rings (SSSR count). The fraction of sp³-hybridized carbons (Fsp3) is 0.592. The van der Waals surface area contributed by atoms with E-state index in [2.05, 4.69) is 15.5 Å². The van der Waals surface area contributed by atoms with E-state index in [0.29, 0.717) is 61.7 Å². The number of aliphatic carboxylic acids is 1. The summed E-state index contributed by atoms with van der Waals surface area (Å²) in [7, 11) is 3.95. The molecule has 2 aromatic heterocycles. The number of esters is 2. The van der Waals surface area contributed by atoms with Crippen LogP contribution in [0.25, 0.3) is 22.3 Å². The summed E-state index contributed by atoms with van der Waals surface area (Å²) in [5.41, 5.74) is 7.54. The van der Waals surface area contributed by atoms with Crippen molar-refractivity contribution in [2.45, 2.75) is 116 Å². The number of carboxylic acid groups (broad SMARTS) is 1. The molecule has 4 aliphatic rings. The molecular weight excluding hydrogens is 914 g/mol. The molecule has 1 saturated heterocycles. The maximum absolute atomic E-state index is 15.4. The summed E-state index contributed by atoms with van der Waals surface area (Å²) in [6.07, 6.45) is 0.835. The predicted octanol–water partition coefficient (Wildman–Crippen LogP) is 2.12. The number of cyclic esters (lactones) is 1. The molecule has 1 fully saturated rings.